The molecule has 0 aliphatic rings. The average Bonchev–Trinajstić information content (AvgIpc) is 2.73. The normalized spacial score (nSPS) is 11.6. The summed E-state index contributed by atoms with van der Waals surface area (Å²) in [6.45, 7) is 1.42. The Bertz CT molecular complexity index is 1170. The maximum absolute atomic E-state index is 14.1. The monoisotopic (exact) mass is 447 g/mol. The molecule has 6 nitrogen and oxygen atoms in total. The first kappa shape index (κ1) is 21.6. The molecular weight excluding hydrogens is 432 g/mol. The van der Waals surface area contributed by atoms with Crippen molar-refractivity contribution in [2.75, 3.05) is 7.11 Å². The molecule has 154 valence electrons. The van der Waals surface area contributed by atoms with E-state index in [1.54, 1.807) is 31.4 Å². The average molecular weight is 448 g/mol. The number of hydrogen-bond donors (Lipinski definition) is 0. The fraction of sp³-hybridized carbons (Fsp3) is 0.190. The summed E-state index contributed by atoms with van der Waals surface area (Å²) in [7, 11) is 1.56. The molecule has 3 aromatic rings. The van der Waals surface area contributed by atoms with Crippen LogP contribution >= 0.6 is 23.2 Å². The molecule has 0 spiro atoms. The van der Waals surface area contributed by atoms with E-state index in [2.05, 4.69) is 4.98 Å². The van der Waals surface area contributed by atoms with Gasteiger partial charge in [0.05, 0.1) is 25.5 Å². The van der Waals surface area contributed by atoms with Crippen LogP contribution < -0.4 is 15.0 Å². The van der Waals surface area contributed by atoms with Crippen LogP contribution in [0.25, 0.3) is 0 Å². The third-order valence-electron chi connectivity index (χ3n) is 4.25. The molecule has 30 heavy (non-hydrogen) atoms. The van der Waals surface area contributed by atoms with E-state index >= 15 is 0 Å². The van der Waals surface area contributed by atoms with E-state index in [1.165, 1.54) is 30.0 Å². The summed E-state index contributed by atoms with van der Waals surface area (Å²) in [5.74, 6) is 0.316. The van der Waals surface area contributed by atoms with Crippen LogP contribution in [0, 0.1) is 11.3 Å². The van der Waals surface area contributed by atoms with E-state index in [0.717, 1.165) is 5.56 Å². The third-order valence-corrected chi connectivity index (χ3v) is 4.86. The second-order valence-electron chi connectivity index (χ2n) is 6.34. The number of nitriles is 1. The highest BCUT2D eigenvalue weighted by Crippen LogP contribution is 2.36. The molecule has 3 rings (SSSR count). The van der Waals surface area contributed by atoms with Crippen molar-refractivity contribution < 1.29 is 13.9 Å². The zero-order valence-electron chi connectivity index (χ0n) is 16.0. The molecule has 1 atom stereocenters. The van der Waals surface area contributed by atoms with Gasteiger partial charge in [-0.25, -0.2) is 9.37 Å². The summed E-state index contributed by atoms with van der Waals surface area (Å²) in [5, 5.41) is 9.33. The van der Waals surface area contributed by atoms with Crippen LogP contribution in [-0.4, -0.2) is 16.7 Å². The molecule has 0 bridgehead atoms. The molecule has 1 unspecified atom stereocenters. The maximum atomic E-state index is 14.1. The predicted molar refractivity (Wildman–Crippen MR) is 111 cm³/mol. The Morgan fingerprint density at radius 1 is 1.27 bits per heavy atom. The van der Waals surface area contributed by atoms with Crippen LogP contribution in [0.5, 0.6) is 17.2 Å². The summed E-state index contributed by atoms with van der Waals surface area (Å²) in [6, 6.07) is 11.7. The lowest BCUT2D eigenvalue weighted by molar-refractivity contribution is 0.344. The Labute approximate surface area is 182 Å². The number of ether oxygens (including phenoxy) is 2. The summed E-state index contributed by atoms with van der Waals surface area (Å²) in [6.07, 6.45) is -0.317. The Balaban J connectivity index is 2.05. The van der Waals surface area contributed by atoms with Crippen LogP contribution in [0.15, 0.2) is 47.5 Å². The number of rotatable bonds is 6. The van der Waals surface area contributed by atoms with Crippen LogP contribution in [0.3, 0.4) is 0 Å². The van der Waals surface area contributed by atoms with Crippen LogP contribution in [-0.2, 0) is 6.54 Å². The molecule has 9 heteroatoms. The van der Waals surface area contributed by atoms with Gasteiger partial charge in [-0.1, -0.05) is 35.3 Å². The number of methoxy groups -OCH3 is 1. The van der Waals surface area contributed by atoms with E-state index in [4.69, 9.17) is 32.7 Å². The smallest absolute Gasteiger partial charge is 0.297 e. The fourth-order valence-corrected chi connectivity index (χ4v) is 3.13. The van der Waals surface area contributed by atoms with Crippen molar-refractivity contribution >= 4 is 23.2 Å². The molecule has 2 aromatic carbocycles. The highest BCUT2D eigenvalue weighted by Gasteiger charge is 2.21. The quantitative estimate of drug-likeness (QED) is 0.512. The van der Waals surface area contributed by atoms with E-state index in [-0.39, 0.29) is 39.3 Å². The van der Waals surface area contributed by atoms with Gasteiger partial charge in [0, 0.05) is 11.1 Å². The van der Waals surface area contributed by atoms with Crippen LogP contribution in [0.4, 0.5) is 4.39 Å². The van der Waals surface area contributed by atoms with Gasteiger partial charge in [-0.05, 0) is 30.7 Å². The number of aromatic nitrogens is 2. The Morgan fingerprint density at radius 3 is 2.57 bits per heavy atom. The standard InChI is InChI=1S/C21H16Cl2FN3O3/c1-12(24)19-20(30-17-8-15(22)7-14(9-25)18(17)23)21(28)27(11-26-19)10-13-3-5-16(29-2)6-4-13/h3-8,11-12H,10H2,1-2H3. The molecular formula is C21H16Cl2FN3O3. The summed E-state index contributed by atoms with van der Waals surface area (Å²) in [5.41, 5.74) is 0.0890. The van der Waals surface area contributed by atoms with Crippen molar-refractivity contribution in [3.8, 4) is 23.3 Å². The van der Waals surface area contributed by atoms with Gasteiger partial charge in [-0.3, -0.25) is 9.36 Å². The Kier molecular flexibility index (Phi) is 6.60. The maximum Gasteiger partial charge on any atom is 0.297 e. The van der Waals surface area contributed by atoms with E-state index in [9.17, 15) is 14.4 Å². The summed E-state index contributed by atoms with van der Waals surface area (Å²) < 4.78 is 26.2. The Morgan fingerprint density at radius 2 is 1.97 bits per heavy atom. The minimum absolute atomic E-state index is 0.0377. The number of alkyl halides is 1. The molecule has 0 radical (unpaired) electrons. The molecule has 0 aliphatic heterocycles. The van der Waals surface area contributed by atoms with E-state index in [1.807, 2.05) is 6.07 Å². The van der Waals surface area contributed by atoms with Crippen molar-refractivity contribution in [3.05, 3.63) is 79.9 Å². The molecule has 0 saturated carbocycles. The highest BCUT2D eigenvalue weighted by molar-refractivity contribution is 6.35. The van der Waals surface area contributed by atoms with Crippen molar-refractivity contribution in [1.29, 1.82) is 5.26 Å². The highest BCUT2D eigenvalue weighted by atomic mass is 35.5. The molecule has 0 aliphatic carbocycles. The van der Waals surface area contributed by atoms with Crippen LogP contribution in [0.2, 0.25) is 10.0 Å². The first-order chi connectivity index (χ1) is 14.3. The molecule has 1 heterocycles. The SMILES string of the molecule is COc1ccc(Cn2cnc(C(C)F)c(Oc3cc(Cl)cc(C#N)c3Cl)c2=O)cc1. The third kappa shape index (κ3) is 4.56. The van der Waals surface area contributed by atoms with Gasteiger partial charge in [0.2, 0.25) is 5.75 Å². The van der Waals surface area contributed by atoms with Gasteiger partial charge in [-0.15, -0.1) is 0 Å². The fourth-order valence-electron chi connectivity index (χ4n) is 2.73. The van der Waals surface area contributed by atoms with Crippen molar-refractivity contribution in [3.63, 3.8) is 0 Å². The minimum atomic E-state index is -1.57. The molecule has 0 N–H and O–H groups in total. The van der Waals surface area contributed by atoms with Gasteiger partial charge in [0.25, 0.3) is 5.56 Å². The largest absolute Gasteiger partial charge is 0.497 e. The number of hydrogen-bond acceptors (Lipinski definition) is 5. The summed E-state index contributed by atoms with van der Waals surface area (Å²) >= 11 is 12.2. The van der Waals surface area contributed by atoms with Gasteiger partial charge in [0.1, 0.15) is 34.5 Å². The van der Waals surface area contributed by atoms with E-state index < -0.39 is 11.7 Å². The molecule has 0 amide bonds. The molecule has 1 aromatic heterocycles. The van der Waals surface area contributed by atoms with Gasteiger partial charge >= 0.3 is 0 Å². The van der Waals surface area contributed by atoms with Crippen molar-refractivity contribution in [1.82, 2.24) is 9.55 Å². The predicted octanol–water partition coefficient (Wildman–Crippen LogP) is 5.30. The lowest BCUT2D eigenvalue weighted by Crippen LogP contribution is -2.24. The second-order valence-corrected chi connectivity index (χ2v) is 7.15. The van der Waals surface area contributed by atoms with Gasteiger partial charge in [-0.2, -0.15) is 5.26 Å². The lowest BCUT2D eigenvalue weighted by atomic mass is 10.2. The lowest BCUT2D eigenvalue weighted by Gasteiger charge is -2.15. The van der Waals surface area contributed by atoms with Gasteiger partial charge < -0.3 is 9.47 Å². The van der Waals surface area contributed by atoms with Crippen molar-refractivity contribution in [2.24, 2.45) is 0 Å². The first-order valence-corrected chi connectivity index (χ1v) is 9.53. The summed E-state index contributed by atoms with van der Waals surface area (Å²) in [4.78, 5) is 17.1. The number of benzene rings is 2. The number of nitrogens with zero attached hydrogens (tertiary/aromatic N) is 3. The molecule has 0 saturated heterocycles. The molecule has 0 fully saturated rings. The van der Waals surface area contributed by atoms with E-state index in [0.29, 0.717) is 5.75 Å². The second kappa shape index (κ2) is 9.16. The Hall–Kier alpha value is -3.08. The number of halogens is 3. The zero-order valence-corrected chi connectivity index (χ0v) is 17.5. The van der Waals surface area contributed by atoms with Crippen molar-refractivity contribution in [2.45, 2.75) is 19.6 Å². The van der Waals surface area contributed by atoms with Gasteiger partial charge in [0.15, 0.2) is 0 Å². The van der Waals surface area contributed by atoms with Crippen LogP contribution in [0.1, 0.15) is 29.9 Å². The zero-order chi connectivity index (χ0) is 21.8. The topological polar surface area (TPSA) is 77.1 Å². The first-order valence-electron chi connectivity index (χ1n) is 8.77. The minimum Gasteiger partial charge on any atom is -0.497 e.